The molecule has 0 saturated heterocycles. The van der Waals surface area contributed by atoms with Crippen LogP contribution in [0, 0.1) is 0 Å². The van der Waals surface area contributed by atoms with Crippen LogP contribution in [0.3, 0.4) is 0 Å². The highest BCUT2D eigenvalue weighted by Crippen LogP contribution is 2.45. The van der Waals surface area contributed by atoms with Crippen LogP contribution in [-0.4, -0.2) is 14.8 Å². The molecule has 0 spiro atoms. The number of benzene rings is 7. The topological polar surface area (TPSA) is 17.3 Å². The standard InChI is InChI=1S/C44H29N2PS2/c48-47(32-15-3-1-4-16-32,33-17-5-2-6-18-33)34-23-25-40-38(28-34)43-36-20-10-8-13-31(36)22-24-37(43)44-45-39-29-49(27-26-41(39)46(40)44)42-21-11-14-30-12-7-9-19-35(30)42/h1-29H. The van der Waals surface area contributed by atoms with Gasteiger partial charge < -0.3 is 0 Å². The van der Waals surface area contributed by atoms with Crippen LogP contribution in [0.4, 0.5) is 0 Å². The summed E-state index contributed by atoms with van der Waals surface area (Å²) in [5.41, 5.74) is 4.28. The van der Waals surface area contributed by atoms with Gasteiger partial charge in [0.25, 0.3) is 0 Å². The van der Waals surface area contributed by atoms with Crippen molar-refractivity contribution >= 4 is 105 Å². The fourth-order valence-corrected chi connectivity index (χ4v) is 13.0. The first kappa shape index (κ1) is 28.9. The number of pyridine rings is 1. The molecule has 10 rings (SSSR count). The van der Waals surface area contributed by atoms with E-state index < -0.39 is 6.04 Å². The van der Waals surface area contributed by atoms with Crippen LogP contribution < -0.4 is 15.9 Å². The number of fused-ring (bicyclic) bond motifs is 11. The Kier molecular flexibility index (Phi) is 6.61. The number of imidazole rings is 1. The second-order valence-corrected chi connectivity index (χ2v) is 18.6. The van der Waals surface area contributed by atoms with Crippen molar-refractivity contribution in [2.24, 2.45) is 0 Å². The molecule has 2 nitrogen and oxygen atoms in total. The van der Waals surface area contributed by atoms with Gasteiger partial charge in [-0.3, -0.25) is 4.40 Å². The van der Waals surface area contributed by atoms with Gasteiger partial charge in [0.05, 0.1) is 16.9 Å². The van der Waals surface area contributed by atoms with Crippen molar-refractivity contribution in [1.29, 1.82) is 0 Å². The second-order valence-electron chi connectivity index (χ2n) is 12.5. The minimum Gasteiger partial charge on any atom is -0.292 e. The fraction of sp³-hybridized carbons (Fsp3) is 0. The summed E-state index contributed by atoms with van der Waals surface area (Å²) in [7, 11) is -0.209. The highest BCUT2D eigenvalue weighted by Gasteiger charge is 2.27. The van der Waals surface area contributed by atoms with Crippen molar-refractivity contribution < 1.29 is 0 Å². The van der Waals surface area contributed by atoms with Crippen LogP contribution in [0.5, 0.6) is 0 Å². The second kappa shape index (κ2) is 11.2. The molecular formula is C44H29N2PS2. The smallest absolute Gasteiger partial charge is 0.146 e. The summed E-state index contributed by atoms with van der Waals surface area (Å²) in [6.07, 6.45) is 2.29. The van der Waals surface area contributed by atoms with E-state index in [1.165, 1.54) is 53.1 Å². The Morgan fingerprint density at radius 3 is 1.96 bits per heavy atom. The van der Waals surface area contributed by atoms with Crippen molar-refractivity contribution in [3.05, 3.63) is 175 Å². The summed E-state index contributed by atoms with van der Waals surface area (Å²) < 4.78 is 2.37. The molecule has 3 heterocycles. The van der Waals surface area contributed by atoms with Gasteiger partial charge in [-0.15, -0.1) is 10.5 Å². The molecule has 0 fully saturated rings. The summed E-state index contributed by atoms with van der Waals surface area (Å²) in [4.78, 5) is 6.74. The normalized spacial score (nSPS) is 14.5. The van der Waals surface area contributed by atoms with E-state index in [9.17, 15) is 0 Å². The van der Waals surface area contributed by atoms with Gasteiger partial charge in [0, 0.05) is 27.1 Å². The van der Waals surface area contributed by atoms with E-state index in [0.717, 1.165) is 27.9 Å². The molecule has 0 N–H and O–H groups in total. The predicted molar refractivity (Wildman–Crippen MR) is 218 cm³/mol. The molecule has 5 heteroatoms. The molecule has 0 amide bonds. The third-order valence-corrected chi connectivity index (χ3v) is 16.5. The number of aromatic nitrogens is 2. The Labute approximate surface area is 291 Å². The van der Waals surface area contributed by atoms with E-state index in [1.54, 1.807) is 0 Å². The lowest BCUT2D eigenvalue weighted by molar-refractivity contribution is 1.25. The molecule has 1 atom stereocenters. The lowest BCUT2D eigenvalue weighted by Crippen LogP contribution is -2.24. The monoisotopic (exact) mass is 680 g/mol. The lowest BCUT2D eigenvalue weighted by Gasteiger charge is -2.25. The first-order valence-corrected chi connectivity index (χ1v) is 20.6. The molecular weight excluding hydrogens is 652 g/mol. The minimum atomic E-state index is -2.36. The Hall–Kier alpha value is -5.12. The molecule has 0 saturated carbocycles. The van der Waals surface area contributed by atoms with E-state index in [0.29, 0.717) is 0 Å². The summed E-state index contributed by atoms with van der Waals surface area (Å²) >= 11 is 6.83. The van der Waals surface area contributed by atoms with E-state index in [-0.39, 0.29) is 10.5 Å². The van der Waals surface area contributed by atoms with Gasteiger partial charge in [-0.1, -0.05) is 145 Å². The average Bonchev–Trinajstić information content (AvgIpc) is 3.57. The molecule has 1 aliphatic rings. The van der Waals surface area contributed by atoms with Crippen LogP contribution in [0.25, 0.3) is 54.9 Å². The van der Waals surface area contributed by atoms with E-state index >= 15 is 0 Å². The van der Waals surface area contributed by atoms with E-state index in [4.69, 9.17) is 16.8 Å². The number of hydrogen-bond donors (Lipinski definition) is 0. The van der Waals surface area contributed by atoms with E-state index in [2.05, 4.69) is 179 Å². The lowest BCUT2D eigenvalue weighted by atomic mass is 9.99. The summed E-state index contributed by atoms with van der Waals surface area (Å²) in [5.74, 6) is 0. The molecule has 0 radical (unpaired) electrons. The van der Waals surface area contributed by atoms with Gasteiger partial charge >= 0.3 is 0 Å². The summed E-state index contributed by atoms with van der Waals surface area (Å²) in [6, 6.07) is 54.5. The maximum Gasteiger partial charge on any atom is 0.146 e. The van der Waals surface area contributed by atoms with Crippen LogP contribution in [0.1, 0.15) is 11.4 Å². The largest absolute Gasteiger partial charge is 0.292 e. The Morgan fingerprint density at radius 2 is 1.20 bits per heavy atom. The maximum absolute atomic E-state index is 6.83. The van der Waals surface area contributed by atoms with Crippen molar-refractivity contribution in [1.82, 2.24) is 9.38 Å². The SMILES string of the molecule is S=P(c1ccccc1)(c1ccccc1)c1ccc2c(c1)c1c3ccccc3ccc1c1nc3c(n21)C=CS(c1cccc2ccccc12)=C3. The van der Waals surface area contributed by atoms with Gasteiger partial charge in [0.1, 0.15) is 5.65 Å². The minimum absolute atomic E-state index is 0.209. The zero-order valence-electron chi connectivity index (χ0n) is 26.4. The van der Waals surface area contributed by atoms with Gasteiger partial charge in [-0.25, -0.2) is 4.98 Å². The first-order valence-electron chi connectivity index (χ1n) is 16.4. The molecule has 7 aromatic carbocycles. The molecule has 0 bridgehead atoms. The van der Waals surface area contributed by atoms with Crippen molar-refractivity contribution in [3.8, 4) is 0 Å². The molecule has 1 unspecified atom stereocenters. The van der Waals surface area contributed by atoms with Crippen LogP contribution in [0.15, 0.2) is 168 Å². The maximum atomic E-state index is 6.83. The van der Waals surface area contributed by atoms with Gasteiger partial charge in [-0.05, 0) is 78.6 Å². The highest BCUT2D eigenvalue weighted by atomic mass is 32.4. The van der Waals surface area contributed by atoms with Gasteiger partial charge in [0.2, 0.25) is 0 Å². The Balaban J connectivity index is 1.29. The third-order valence-electron chi connectivity index (χ3n) is 9.82. The molecule has 2 aromatic heterocycles. The van der Waals surface area contributed by atoms with Crippen molar-refractivity contribution in [2.75, 3.05) is 0 Å². The first-order chi connectivity index (χ1) is 24.2. The average molecular weight is 681 g/mol. The van der Waals surface area contributed by atoms with Gasteiger partial charge in [-0.2, -0.15) is 0 Å². The number of nitrogens with zero attached hydrogens (tertiary/aromatic N) is 2. The molecule has 9 aromatic rings. The molecule has 1 aliphatic heterocycles. The van der Waals surface area contributed by atoms with Crippen molar-refractivity contribution in [3.63, 3.8) is 0 Å². The number of hydrogen-bond acceptors (Lipinski definition) is 2. The predicted octanol–water partition coefficient (Wildman–Crippen LogP) is 10.2. The van der Waals surface area contributed by atoms with Crippen LogP contribution >= 0.6 is 16.5 Å². The highest BCUT2D eigenvalue weighted by molar-refractivity contribution is 8.25. The Morgan fingerprint density at radius 1 is 0.551 bits per heavy atom. The fourth-order valence-electron chi connectivity index (χ4n) is 7.54. The Bertz CT molecular complexity index is 2860. The summed E-state index contributed by atoms with van der Waals surface area (Å²) in [6.45, 7) is 0. The third kappa shape index (κ3) is 4.38. The van der Waals surface area contributed by atoms with Crippen LogP contribution in [-0.2, 0) is 11.8 Å². The van der Waals surface area contributed by atoms with E-state index in [1.807, 2.05) is 0 Å². The quantitative estimate of drug-likeness (QED) is 0.105. The summed E-state index contributed by atoms with van der Waals surface area (Å²) in [5, 5.41) is 16.9. The molecule has 49 heavy (non-hydrogen) atoms. The molecule has 232 valence electrons. The van der Waals surface area contributed by atoms with Crippen LogP contribution in [0.2, 0.25) is 0 Å². The molecule has 0 aliphatic carbocycles. The van der Waals surface area contributed by atoms with Crippen molar-refractivity contribution in [2.45, 2.75) is 4.90 Å². The van der Waals surface area contributed by atoms with Gasteiger partial charge in [0.15, 0.2) is 0 Å². The zero-order valence-corrected chi connectivity index (χ0v) is 28.9. The zero-order chi connectivity index (χ0) is 32.5. The number of rotatable bonds is 4.